The second kappa shape index (κ2) is 8.01. The summed E-state index contributed by atoms with van der Waals surface area (Å²) in [7, 11) is 0. The minimum atomic E-state index is 0.215. The van der Waals surface area contributed by atoms with Crippen LogP contribution in [-0.2, 0) is 0 Å². The van der Waals surface area contributed by atoms with Crippen LogP contribution >= 0.6 is 43.6 Å². The maximum atomic E-state index is 12.0. The van der Waals surface area contributed by atoms with E-state index in [1.54, 1.807) is 11.8 Å². The largest absolute Gasteiger partial charge is 0.294 e. The minimum Gasteiger partial charge on any atom is -0.294 e. The SMILES string of the molecule is O=C(CCCSc1cccc(Br)c1)c1ccc(Br)cc1. The lowest BCUT2D eigenvalue weighted by Gasteiger charge is -2.03. The summed E-state index contributed by atoms with van der Waals surface area (Å²) in [6.07, 6.45) is 1.49. The van der Waals surface area contributed by atoms with Gasteiger partial charge >= 0.3 is 0 Å². The highest BCUT2D eigenvalue weighted by atomic mass is 79.9. The van der Waals surface area contributed by atoms with Crippen molar-refractivity contribution in [2.75, 3.05) is 5.75 Å². The Morgan fingerprint density at radius 2 is 1.75 bits per heavy atom. The van der Waals surface area contributed by atoms with Gasteiger partial charge in [-0.2, -0.15) is 0 Å². The van der Waals surface area contributed by atoms with E-state index in [-0.39, 0.29) is 5.78 Å². The zero-order valence-electron chi connectivity index (χ0n) is 10.8. The smallest absolute Gasteiger partial charge is 0.162 e. The Bertz CT molecular complexity index is 581. The molecular weight excluding hydrogens is 400 g/mol. The predicted octanol–water partition coefficient (Wildman–Crippen LogP) is 5.97. The van der Waals surface area contributed by atoms with E-state index in [4.69, 9.17) is 0 Å². The summed E-state index contributed by atoms with van der Waals surface area (Å²) in [5.74, 6) is 1.17. The lowest BCUT2D eigenvalue weighted by Crippen LogP contribution is -1.99. The van der Waals surface area contributed by atoms with Crippen LogP contribution in [-0.4, -0.2) is 11.5 Å². The molecule has 0 bridgehead atoms. The Morgan fingerprint density at radius 3 is 2.45 bits per heavy atom. The van der Waals surface area contributed by atoms with Crippen molar-refractivity contribution in [2.45, 2.75) is 17.7 Å². The zero-order valence-corrected chi connectivity index (χ0v) is 14.8. The number of halogens is 2. The highest BCUT2D eigenvalue weighted by Gasteiger charge is 2.05. The number of thioether (sulfide) groups is 1. The molecule has 0 heterocycles. The molecule has 20 heavy (non-hydrogen) atoms. The van der Waals surface area contributed by atoms with E-state index in [0.29, 0.717) is 6.42 Å². The second-order valence-electron chi connectivity index (χ2n) is 4.34. The molecule has 2 aromatic rings. The highest BCUT2D eigenvalue weighted by Crippen LogP contribution is 2.23. The van der Waals surface area contributed by atoms with Gasteiger partial charge in [0, 0.05) is 25.8 Å². The van der Waals surface area contributed by atoms with Gasteiger partial charge in [-0.15, -0.1) is 11.8 Å². The van der Waals surface area contributed by atoms with E-state index in [2.05, 4.69) is 44.0 Å². The molecule has 2 aromatic carbocycles. The normalized spacial score (nSPS) is 10.5. The molecular formula is C16H14Br2OS. The zero-order chi connectivity index (χ0) is 14.4. The van der Waals surface area contributed by atoms with Crippen molar-refractivity contribution < 1.29 is 4.79 Å². The first-order chi connectivity index (χ1) is 9.65. The number of benzene rings is 2. The van der Waals surface area contributed by atoms with Crippen molar-refractivity contribution in [1.82, 2.24) is 0 Å². The molecule has 0 aromatic heterocycles. The van der Waals surface area contributed by atoms with Crippen LogP contribution in [0.2, 0.25) is 0 Å². The fraction of sp³-hybridized carbons (Fsp3) is 0.188. The van der Waals surface area contributed by atoms with Crippen LogP contribution in [0.1, 0.15) is 23.2 Å². The van der Waals surface area contributed by atoms with Crippen molar-refractivity contribution in [3.63, 3.8) is 0 Å². The Labute approximate surface area is 140 Å². The second-order valence-corrected chi connectivity index (χ2v) is 7.34. The van der Waals surface area contributed by atoms with Gasteiger partial charge in [-0.05, 0) is 42.5 Å². The van der Waals surface area contributed by atoms with Gasteiger partial charge in [0.2, 0.25) is 0 Å². The fourth-order valence-corrected chi connectivity index (χ4v) is 3.48. The molecule has 0 atom stereocenters. The van der Waals surface area contributed by atoms with Gasteiger partial charge in [0.05, 0.1) is 0 Å². The first-order valence-corrected chi connectivity index (χ1v) is 8.89. The molecule has 0 radical (unpaired) electrons. The summed E-state index contributed by atoms with van der Waals surface area (Å²) in [5, 5.41) is 0. The molecule has 104 valence electrons. The molecule has 0 fully saturated rings. The third kappa shape index (κ3) is 5.08. The van der Waals surface area contributed by atoms with Crippen LogP contribution in [0.3, 0.4) is 0 Å². The summed E-state index contributed by atoms with van der Waals surface area (Å²) in [5.41, 5.74) is 0.792. The van der Waals surface area contributed by atoms with Crippen molar-refractivity contribution in [3.05, 3.63) is 63.0 Å². The van der Waals surface area contributed by atoms with E-state index in [9.17, 15) is 4.79 Å². The van der Waals surface area contributed by atoms with Gasteiger partial charge in [0.25, 0.3) is 0 Å². The van der Waals surface area contributed by atoms with Crippen LogP contribution in [0.5, 0.6) is 0 Å². The average molecular weight is 414 g/mol. The van der Waals surface area contributed by atoms with Crippen LogP contribution in [0.4, 0.5) is 0 Å². The Kier molecular flexibility index (Phi) is 6.33. The van der Waals surface area contributed by atoms with Crippen molar-refractivity contribution in [3.8, 4) is 0 Å². The summed E-state index contributed by atoms with van der Waals surface area (Å²) in [6.45, 7) is 0. The first kappa shape index (κ1) is 15.8. The van der Waals surface area contributed by atoms with Gasteiger partial charge < -0.3 is 0 Å². The van der Waals surface area contributed by atoms with Crippen LogP contribution in [0.15, 0.2) is 62.4 Å². The van der Waals surface area contributed by atoms with Gasteiger partial charge in [-0.3, -0.25) is 4.79 Å². The van der Waals surface area contributed by atoms with E-state index in [0.717, 1.165) is 26.7 Å². The number of carbonyl (C=O) groups excluding carboxylic acids is 1. The van der Waals surface area contributed by atoms with Crippen molar-refractivity contribution in [2.24, 2.45) is 0 Å². The average Bonchev–Trinajstić information content (AvgIpc) is 2.44. The molecule has 4 heteroatoms. The van der Waals surface area contributed by atoms with E-state index < -0.39 is 0 Å². The quantitative estimate of drug-likeness (QED) is 0.329. The van der Waals surface area contributed by atoms with Gasteiger partial charge in [0.1, 0.15) is 0 Å². The van der Waals surface area contributed by atoms with E-state index in [1.807, 2.05) is 36.4 Å². The summed E-state index contributed by atoms with van der Waals surface area (Å²) >= 11 is 8.62. The number of Topliss-reactive ketones (excluding diaryl/α,β-unsaturated/α-hetero) is 1. The maximum Gasteiger partial charge on any atom is 0.162 e. The Balaban J connectivity index is 1.76. The molecule has 1 nitrogen and oxygen atoms in total. The Hall–Kier alpha value is -0.580. The number of ketones is 1. The topological polar surface area (TPSA) is 17.1 Å². The highest BCUT2D eigenvalue weighted by molar-refractivity contribution is 9.10. The molecule has 0 aliphatic rings. The van der Waals surface area contributed by atoms with E-state index in [1.165, 1.54) is 4.90 Å². The van der Waals surface area contributed by atoms with Crippen molar-refractivity contribution in [1.29, 1.82) is 0 Å². The predicted molar refractivity (Wildman–Crippen MR) is 92.6 cm³/mol. The fourth-order valence-electron chi connectivity index (χ4n) is 1.76. The molecule has 0 spiro atoms. The monoisotopic (exact) mass is 412 g/mol. The summed E-state index contributed by atoms with van der Waals surface area (Å²) in [6, 6.07) is 15.8. The summed E-state index contributed by atoms with van der Waals surface area (Å²) in [4.78, 5) is 13.2. The van der Waals surface area contributed by atoms with Crippen molar-refractivity contribution >= 4 is 49.4 Å². The number of hydrogen-bond donors (Lipinski definition) is 0. The standard InChI is InChI=1S/C16H14Br2OS/c17-13-8-6-12(7-9-13)16(19)5-2-10-20-15-4-1-3-14(18)11-15/h1,3-4,6-9,11H,2,5,10H2. The molecule has 0 unspecified atom stereocenters. The molecule has 2 rings (SSSR count). The molecule has 0 saturated carbocycles. The first-order valence-electron chi connectivity index (χ1n) is 6.32. The number of carbonyl (C=O) groups is 1. The maximum absolute atomic E-state index is 12.0. The third-order valence-corrected chi connectivity index (χ3v) is 4.88. The minimum absolute atomic E-state index is 0.215. The van der Waals surface area contributed by atoms with Crippen LogP contribution < -0.4 is 0 Å². The molecule has 0 aliphatic carbocycles. The lowest BCUT2D eigenvalue weighted by molar-refractivity contribution is 0.0982. The van der Waals surface area contributed by atoms with Gasteiger partial charge in [-0.25, -0.2) is 0 Å². The molecule has 0 saturated heterocycles. The lowest BCUT2D eigenvalue weighted by atomic mass is 10.1. The number of hydrogen-bond acceptors (Lipinski definition) is 2. The van der Waals surface area contributed by atoms with Gasteiger partial charge in [-0.1, -0.05) is 50.1 Å². The molecule has 0 N–H and O–H groups in total. The number of rotatable bonds is 6. The van der Waals surface area contributed by atoms with E-state index >= 15 is 0 Å². The molecule has 0 aliphatic heterocycles. The summed E-state index contributed by atoms with van der Waals surface area (Å²) < 4.78 is 2.09. The van der Waals surface area contributed by atoms with Gasteiger partial charge in [0.15, 0.2) is 5.78 Å². The Morgan fingerprint density at radius 1 is 1.00 bits per heavy atom. The van der Waals surface area contributed by atoms with Crippen LogP contribution in [0.25, 0.3) is 0 Å². The van der Waals surface area contributed by atoms with Crippen LogP contribution in [0, 0.1) is 0 Å². The molecule has 0 amide bonds. The third-order valence-electron chi connectivity index (χ3n) is 2.78.